The Morgan fingerprint density at radius 2 is 1.91 bits per heavy atom. The molecule has 4 heterocycles. The maximum absolute atomic E-state index is 13.7. The number of halogens is 3. The van der Waals surface area contributed by atoms with E-state index in [4.69, 9.17) is 0 Å². The van der Waals surface area contributed by atoms with Gasteiger partial charge in [0, 0.05) is 48.6 Å². The third-order valence-electron chi connectivity index (χ3n) is 7.49. The minimum Gasteiger partial charge on any atom is -0.360 e. The van der Waals surface area contributed by atoms with Gasteiger partial charge in [-0.15, -0.1) is 5.53 Å². The van der Waals surface area contributed by atoms with E-state index in [-0.39, 0.29) is 11.3 Å². The number of carbonyl (C=O) groups is 1. The predicted octanol–water partition coefficient (Wildman–Crippen LogP) is 5.55. The van der Waals surface area contributed by atoms with Gasteiger partial charge in [0.05, 0.1) is 33.8 Å². The number of thiazole rings is 1. The highest BCUT2D eigenvalue weighted by Gasteiger charge is 2.32. The number of nitrogens with zero attached hydrogens (tertiary/aromatic N) is 5. The topological polar surface area (TPSA) is 102 Å². The van der Waals surface area contributed by atoms with Gasteiger partial charge >= 0.3 is 6.18 Å². The number of aryl methyl sites for hydroxylation is 2. The van der Waals surface area contributed by atoms with Crippen molar-refractivity contribution in [1.82, 2.24) is 30.4 Å². The van der Waals surface area contributed by atoms with Crippen LogP contribution in [0.5, 0.6) is 0 Å². The molecule has 4 aromatic rings. The lowest BCUT2D eigenvalue weighted by atomic mass is 10.1. The zero-order valence-corrected chi connectivity index (χ0v) is 25.0. The monoisotopic (exact) mass is 623 g/mol. The van der Waals surface area contributed by atoms with Gasteiger partial charge in [-0.05, 0) is 75.7 Å². The number of alkyl halides is 3. The highest BCUT2D eigenvalue weighted by Crippen LogP contribution is 2.33. The molecule has 1 amide bonds. The lowest BCUT2D eigenvalue weighted by Gasteiger charge is -2.19. The van der Waals surface area contributed by atoms with Crippen molar-refractivity contribution in [3.63, 3.8) is 0 Å². The van der Waals surface area contributed by atoms with Gasteiger partial charge in [-0.1, -0.05) is 17.4 Å². The number of hydrazine groups is 2. The van der Waals surface area contributed by atoms with Crippen LogP contribution < -0.4 is 26.6 Å². The summed E-state index contributed by atoms with van der Waals surface area (Å²) in [7, 11) is 0. The molecule has 0 radical (unpaired) electrons. The molecule has 230 valence electrons. The molecular weight excluding hydrogens is 591 g/mol. The van der Waals surface area contributed by atoms with E-state index >= 15 is 0 Å². The van der Waals surface area contributed by atoms with Gasteiger partial charge < -0.3 is 25.5 Å². The third-order valence-corrected chi connectivity index (χ3v) is 8.48. The number of hydrogen-bond acceptors (Lipinski definition) is 9. The number of benzene rings is 2. The fourth-order valence-electron chi connectivity index (χ4n) is 5.14. The number of rotatable bonds is 9. The van der Waals surface area contributed by atoms with E-state index in [1.54, 1.807) is 41.6 Å². The Bertz CT molecular complexity index is 1690. The number of aromatic nitrogens is 3. The van der Waals surface area contributed by atoms with Gasteiger partial charge in [0.25, 0.3) is 5.91 Å². The molecule has 4 N–H and O–H groups in total. The summed E-state index contributed by atoms with van der Waals surface area (Å²) >= 11 is 1.55. The maximum Gasteiger partial charge on any atom is 0.416 e. The van der Waals surface area contributed by atoms with Gasteiger partial charge in [-0.3, -0.25) is 9.80 Å². The summed E-state index contributed by atoms with van der Waals surface area (Å²) in [6, 6.07) is 8.55. The van der Waals surface area contributed by atoms with Crippen molar-refractivity contribution in [2.75, 3.05) is 41.8 Å². The van der Waals surface area contributed by atoms with Crippen LogP contribution in [-0.4, -0.2) is 51.5 Å². The fourth-order valence-corrected chi connectivity index (χ4v) is 5.95. The van der Waals surface area contributed by atoms with Crippen molar-refractivity contribution in [3.05, 3.63) is 88.6 Å². The lowest BCUT2D eigenvalue weighted by Crippen LogP contribution is -2.36. The zero-order valence-electron chi connectivity index (χ0n) is 24.2. The van der Waals surface area contributed by atoms with Crippen molar-refractivity contribution in [2.24, 2.45) is 0 Å². The SMILES string of the molecule is Cc1cn(-c2cc(C(=O)Nc3ccc(C)c(N4C=C(c5cnc(NCCN6CCCC6)s5)NN4)c3)cc(C(F)(F)F)c2)cn1. The first-order chi connectivity index (χ1) is 21.1. The molecule has 0 bridgehead atoms. The van der Waals surface area contributed by atoms with Crippen LogP contribution in [0.25, 0.3) is 11.4 Å². The Hall–Kier alpha value is -4.40. The van der Waals surface area contributed by atoms with Crippen molar-refractivity contribution in [2.45, 2.75) is 32.9 Å². The second-order valence-electron chi connectivity index (χ2n) is 10.8. The quantitative estimate of drug-likeness (QED) is 0.193. The van der Waals surface area contributed by atoms with Gasteiger partial charge in [-0.2, -0.15) is 13.2 Å². The Morgan fingerprint density at radius 1 is 1.09 bits per heavy atom. The summed E-state index contributed by atoms with van der Waals surface area (Å²) in [6.45, 7) is 7.81. The number of likely N-dealkylation sites (tertiary alicyclic amines) is 1. The summed E-state index contributed by atoms with van der Waals surface area (Å²) < 4.78 is 42.6. The van der Waals surface area contributed by atoms with Gasteiger partial charge in [0.2, 0.25) is 0 Å². The summed E-state index contributed by atoms with van der Waals surface area (Å²) in [6.07, 6.45) is 4.62. The van der Waals surface area contributed by atoms with Gasteiger partial charge in [0.1, 0.15) is 0 Å². The maximum atomic E-state index is 13.7. The highest BCUT2D eigenvalue weighted by atomic mass is 32.1. The molecule has 2 aliphatic rings. The Labute approximate surface area is 256 Å². The number of nitrogens with one attached hydrogen (secondary N) is 4. The molecule has 10 nitrogen and oxygen atoms in total. The average Bonchev–Trinajstić information content (AvgIpc) is 3.81. The standard InChI is InChI=1S/C30H32F3N9OS/c1-19-5-6-23(37-28(43)21-11-22(30(31,32)33)13-24(12-21)41-16-20(2)36-18-41)14-26(19)42-17-25(38-39-42)27-15-35-29(44-27)34-7-10-40-8-3-4-9-40/h5-6,11-18,38-39H,3-4,7-10H2,1-2H3,(H,34,35)(H,37,43). The van der Waals surface area contributed by atoms with Crippen LogP contribution in [0.2, 0.25) is 0 Å². The normalized spacial score (nSPS) is 15.4. The molecule has 1 saturated heterocycles. The van der Waals surface area contributed by atoms with Gasteiger partial charge in [0.15, 0.2) is 5.13 Å². The number of anilines is 3. The molecule has 2 aromatic carbocycles. The predicted molar refractivity (Wildman–Crippen MR) is 165 cm³/mol. The smallest absolute Gasteiger partial charge is 0.360 e. The van der Waals surface area contributed by atoms with Crippen LogP contribution in [0.4, 0.5) is 29.7 Å². The first-order valence-electron chi connectivity index (χ1n) is 14.2. The van der Waals surface area contributed by atoms with E-state index < -0.39 is 17.6 Å². The molecule has 6 rings (SSSR count). The van der Waals surface area contributed by atoms with Crippen LogP contribution in [0.15, 0.2) is 61.3 Å². The van der Waals surface area contributed by atoms with Gasteiger partial charge in [-0.25, -0.2) is 9.97 Å². The van der Waals surface area contributed by atoms with E-state index in [1.807, 2.05) is 25.4 Å². The summed E-state index contributed by atoms with van der Waals surface area (Å²) in [5, 5.41) is 8.78. The first-order valence-corrected chi connectivity index (χ1v) is 15.0. The molecule has 2 aliphatic heterocycles. The highest BCUT2D eigenvalue weighted by molar-refractivity contribution is 7.16. The molecule has 44 heavy (non-hydrogen) atoms. The average molecular weight is 624 g/mol. The van der Waals surface area contributed by atoms with E-state index in [0.29, 0.717) is 11.4 Å². The summed E-state index contributed by atoms with van der Waals surface area (Å²) in [5.41, 5.74) is 8.98. The molecule has 0 unspecified atom stereocenters. The molecule has 0 aliphatic carbocycles. The van der Waals surface area contributed by atoms with E-state index in [9.17, 15) is 18.0 Å². The van der Waals surface area contributed by atoms with Crippen molar-refractivity contribution >= 4 is 39.4 Å². The molecule has 0 spiro atoms. The van der Waals surface area contributed by atoms with Crippen LogP contribution in [0.1, 0.15) is 44.9 Å². The van der Waals surface area contributed by atoms with E-state index in [2.05, 4.69) is 36.5 Å². The molecule has 0 saturated carbocycles. The third kappa shape index (κ3) is 6.72. The number of carbonyl (C=O) groups excluding carboxylic acids is 1. The Balaban J connectivity index is 1.16. The second kappa shape index (κ2) is 12.3. The molecule has 2 aromatic heterocycles. The van der Waals surface area contributed by atoms with Crippen LogP contribution in [0, 0.1) is 13.8 Å². The number of imidazole rings is 1. The number of amides is 1. The Morgan fingerprint density at radius 3 is 2.66 bits per heavy atom. The lowest BCUT2D eigenvalue weighted by molar-refractivity contribution is -0.137. The largest absolute Gasteiger partial charge is 0.416 e. The van der Waals surface area contributed by atoms with Crippen molar-refractivity contribution in [3.8, 4) is 5.69 Å². The van der Waals surface area contributed by atoms with E-state index in [1.165, 1.54) is 29.8 Å². The summed E-state index contributed by atoms with van der Waals surface area (Å²) in [5.74, 6) is -0.665. The molecule has 1 fully saturated rings. The fraction of sp³-hybridized carbons (Fsp3) is 0.300. The van der Waals surface area contributed by atoms with Crippen LogP contribution in [0.3, 0.4) is 0 Å². The molecule has 14 heteroatoms. The summed E-state index contributed by atoms with van der Waals surface area (Å²) in [4.78, 5) is 25.2. The Kier molecular flexibility index (Phi) is 8.29. The number of hydrogen-bond donors (Lipinski definition) is 4. The molecular formula is C30H32F3N9OS. The minimum atomic E-state index is -4.63. The minimum absolute atomic E-state index is 0.124. The second-order valence-corrected chi connectivity index (χ2v) is 11.8. The van der Waals surface area contributed by atoms with Crippen LogP contribution in [-0.2, 0) is 6.18 Å². The van der Waals surface area contributed by atoms with Crippen molar-refractivity contribution < 1.29 is 18.0 Å². The molecule has 0 atom stereocenters. The van der Waals surface area contributed by atoms with Crippen LogP contribution >= 0.6 is 11.3 Å². The van der Waals surface area contributed by atoms with Crippen molar-refractivity contribution in [1.29, 1.82) is 0 Å². The first kappa shape index (κ1) is 29.7. The zero-order chi connectivity index (χ0) is 30.8. The van der Waals surface area contributed by atoms with E-state index in [0.717, 1.165) is 65.3 Å².